The highest BCUT2D eigenvalue weighted by molar-refractivity contribution is 6.32. The molecule has 12 heteroatoms. The van der Waals surface area contributed by atoms with E-state index in [2.05, 4.69) is 89.1 Å². The molecule has 0 saturated heterocycles. The molecule has 0 aliphatic carbocycles. The van der Waals surface area contributed by atoms with Crippen LogP contribution in [0.4, 0.5) is 0 Å². The van der Waals surface area contributed by atoms with Gasteiger partial charge in [-0.3, -0.25) is 14.8 Å². The monoisotopic (exact) mass is 796 g/mol. The molecule has 0 saturated carbocycles. The lowest BCUT2D eigenvalue weighted by Gasteiger charge is -2.19. The van der Waals surface area contributed by atoms with Crippen molar-refractivity contribution in [1.29, 1.82) is 10.5 Å². The van der Waals surface area contributed by atoms with Gasteiger partial charge in [-0.1, -0.05) is 54.1 Å². The molecule has 11 nitrogen and oxygen atoms in total. The Morgan fingerprint density at radius 1 is 0.862 bits per heavy atom. The zero-order valence-electron chi connectivity index (χ0n) is 32.6. The predicted molar refractivity (Wildman–Crippen MR) is 224 cm³/mol. The number of nitriles is 2. The van der Waals surface area contributed by atoms with E-state index in [0.29, 0.717) is 61.0 Å². The minimum atomic E-state index is -0.840. The normalized spacial score (nSPS) is 11.9. The van der Waals surface area contributed by atoms with Gasteiger partial charge in [0.05, 0.1) is 35.4 Å². The van der Waals surface area contributed by atoms with Gasteiger partial charge in [0.2, 0.25) is 0 Å². The number of nitrogens with one attached hydrogen (secondary N) is 2. The molecule has 0 spiro atoms. The minimum Gasteiger partial charge on any atom is -0.493 e. The summed E-state index contributed by atoms with van der Waals surface area (Å²) in [6.45, 7) is 7.51. The van der Waals surface area contributed by atoms with E-state index in [-0.39, 0.29) is 19.6 Å². The molecule has 3 N–H and O–H groups in total. The number of ether oxygens (including phenoxy) is 3. The van der Waals surface area contributed by atoms with Gasteiger partial charge < -0.3 is 30.0 Å². The SMILES string of the molecule is Cc1c(COc2cc(OCc3cncc(C#N)c3)c(CNCCCC(=O)O)cc2Cl)cccc1-c1cccc(-c2ccc(C3=NCCN3)c(OCCCC#N)c2)c1C. The number of benzene rings is 4. The molecule has 0 fully saturated rings. The van der Waals surface area contributed by atoms with E-state index in [4.69, 9.17) is 36.2 Å². The quantitative estimate of drug-likeness (QED) is 0.0690. The summed E-state index contributed by atoms with van der Waals surface area (Å²) in [4.78, 5) is 19.7. The van der Waals surface area contributed by atoms with Crippen LogP contribution in [0.2, 0.25) is 5.02 Å². The molecule has 0 radical (unpaired) electrons. The topological polar surface area (TPSA) is 162 Å². The molecule has 4 aromatic carbocycles. The van der Waals surface area contributed by atoms with E-state index < -0.39 is 5.97 Å². The molecule has 58 heavy (non-hydrogen) atoms. The van der Waals surface area contributed by atoms with E-state index in [9.17, 15) is 10.1 Å². The molecule has 1 aliphatic rings. The van der Waals surface area contributed by atoms with Crippen molar-refractivity contribution in [3.63, 3.8) is 0 Å². The van der Waals surface area contributed by atoms with Crippen LogP contribution in [-0.4, -0.2) is 48.1 Å². The summed E-state index contributed by atoms with van der Waals surface area (Å²) >= 11 is 6.81. The number of unbranched alkanes of at least 4 members (excludes halogenated alkanes) is 1. The Hall–Kier alpha value is -6.40. The number of amidine groups is 1. The number of hydrogen-bond acceptors (Lipinski definition) is 10. The van der Waals surface area contributed by atoms with Crippen LogP contribution in [0.1, 0.15) is 64.6 Å². The fourth-order valence-corrected chi connectivity index (χ4v) is 7.02. The number of aliphatic carboxylic acids is 1. The van der Waals surface area contributed by atoms with Gasteiger partial charge in [0.25, 0.3) is 0 Å². The smallest absolute Gasteiger partial charge is 0.303 e. The van der Waals surface area contributed by atoms with Crippen molar-refractivity contribution in [2.75, 3.05) is 26.2 Å². The summed E-state index contributed by atoms with van der Waals surface area (Å²) in [5, 5.41) is 34.4. The van der Waals surface area contributed by atoms with Crippen molar-refractivity contribution in [3.8, 4) is 51.6 Å². The Balaban J connectivity index is 1.23. The fraction of sp³-hybridized carbons (Fsp3) is 0.283. The van der Waals surface area contributed by atoms with Crippen LogP contribution in [0.25, 0.3) is 22.3 Å². The van der Waals surface area contributed by atoms with Crippen molar-refractivity contribution in [1.82, 2.24) is 15.6 Å². The zero-order valence-corrected chi connectivity index (χ0v) is 33.4. The standard InChI is InChI=1S/C46H45ClN6O5/c1-30-35(29-58-44-23-42(57-28-33-20-32(24-49)25-51-26-33)36(21-41(44)47)27-50-16-7-12-45(54)55)8-5-10-38(30)39-11-6-9-37(31(39)2)34-13-14-40(46-52-17-18-53-46)43(22-34)56-19-4-3-15-48/h5-6,8-11,13-14,20-23,25-26,50H,3-4,7,12,16-19,27-29H2,1-2H3,(H,52,53)(H,54,55). The van der Waals surface area contributed by atoms with Gasteiger partial charge in [0.1, 0.15) is 42.4 Å². The van der Waals surface area contributed by atoms with Gasteiger partial charge in [0.15, 0.2) is 0 Å². The van der Waals surface area contributed by atoms with E-state index in [1.165, 1.54) is 6.20 Å². The van der Waals surface area contributed by atoms with E-state index in [0.717, 1.165) is 80.3 Å². The second-order valence-corrected chi connectivity index (χ2v) is 14.3. The summed E-state index contributed by atoms with van der Waals surface area (Å²) in [5.74, 6) is 1.71. The highest BCUT2D eigenvalue weighted by Gasteiger charge is 2.18. The molecular formula is C46H45ClN6O5. The Labute approximate surface area is 343 Å². The lowest BCUT2D eigenvalue weighted by Crippen LogP contribution is -2.20. The van der Waals surface area contributed by atoms with Crippen molar-refractivity contribution < 1.29 is 24.1 Å². The van der Waals surface area contributed by atoms with Crippen LogP contribution in [-0.2, 0) is 24.6 Å². The lowest BCUT2D eigenvalue weighted by atomic mass is 9.89. The predicted octanol–water partition coefficient (Wildman–Crippen LogP) is 8.70. The van der Waals surface area contributed by atoms with Crippen molar-refractivity contribution >= 4 is 23.4 Å². The maximum Gasteiger partial charge on any atom is 0.303 e. The molecule has 1 aliphatic heterocycles. The molecule has 0 unspecified atom stereocenters. The molecule has 0 bridgehead atoms. The van der Waals surface area contributed by atoms with E-state index in [1.807, 2.05) is 12.1 Å². The molecule has 296 valence electrons. The highest BCUT2D eigenvalue weighted by Crippen LogP contribution is 2.38. The average Bonchev–Trinajstić information content (AvgIpc) is 3.77. The molecule has 0 amide bonds. The third-order valence-electron chi connectivity index (χ3n) is 9.86. The number of aliphatic imine (C=N–C) groups is 1. The van der Waals surface area contributed by atoms with Crippen molar-refractivity contribution in [2.45, 2.75) is 59.3 Å². The van der Waals surface area contributed by atoms with E-state index >= 15 is 0 Å². The Bertz CT molecular complexity index is 2380. The van der Waals surface area contributed by atoms with Gasteiger partial charge >= 0.3 is 5.97 Å². The molecule has 5 aromatic rings. The van der Waals surface area contributed by atoms with Gasteiger partial charge in [-0.05, 0) is 96.4 Å². The van der Waals surface area contributed by atoms with Gasteiger partial charge in [-0.25, -0.2) is 0 Å². The largest absolute Gasteiger partial charge is 0.493 e. The third kappa shape index (κ3) is 10.5. The second kappa shape index (κ2) is 20.1. The van der Waals surface area contributed by atoms with Crippen LogP contribution in [0.3, 0.4) is 0 Å². The number of carboxylic acid groups (broad SMARTS) is 1. The number of halogens is 1. The Morgan fingerprint density at radius 2 is 1.66 bits per heavy atom. The highest BCUT2D eigenvalue weighted by atomic mass is 35.5. The molecule has 6 rings (SSSR count). The summed E-state index contributed by atoms with van der Waals surface area (Å²) in [5.41, 5.74) is 10.3. The minimum absolute atomic E-state index is 0.0718. The Kier molecular flexibility index (Phi) is 14.3. The number of nitrogens with zero attached hydrogens (tertiary/aromatic N) is 4. The second-order valence-electron chi connectivity index (χ2n) is 13.9. The first-order chi connectivity index (χ1) is 28.2. The van der Waals surface area contributed by atoms with Crippen molar-refractivity contribution in [3.05, 3.63) is 129 Å². The zero-order chi connectivity index (χ0) is 40.9. The molecule has 1 aromatic heterocycles. The summed E-state index contributed by atoms with van der Waals surface area (Å²) < 4.78 is 18.9. The van der Waals surface area contributed by atoms with Gasteiger partial charge in [-0.15, -0.1) is 0 Å². The maximum absolute atomic E-state index is 11.0. The average molecular weight is 797 g/mol. The number of rotatable bonds is 19. The van der Waals surface area contributed by atoms with Crippen molar-refractivity contribution in [2.24, 2.45) is 4.99 Å². The molecular weight excluding hydrogens is 752 g/mol. The van der Waals surface area contributed by atoms with Gasteiger partial charge in [-0.2, -0.15) is 10.5 Å². The van der Waals surface area contributed by atoms with Crippen LogP contribution in [0.5, 0.6) is 17.2 Å². The van der Waals surface area contributed by atoms with Crippen LogP contribution >= 0.6 is 11.6 Å². The molecule has 0 atom stereocenters. The number of carbonyl (C=O) groups is 1. The maximum atomic E-state index is 11.0. The van der Waals surface area contributed by atoms with Gasteiger partial charge in [0, 0.05) is 55.5 Å². The number of pyridine rings is 1. The number of aromatic nitrogens is 1. The van der Waals surface area contributed by atoms with E-state index in [1.54, 1.807) is 24.4 Å². The fourth-order valence-electron chi connectivity index (χ4n) is 6.78. The third-order valence-corrected chi connectivity index (χ3v) is 10.2. The van der Waals surface area contributed by atoms with Crippen LogP contribution in [0.15, 0.2) is 90.2 Å². The Morgan fingerprint density at radius 3 is 2.43 bits per heavy atom. The van der Waals surface area contributed by atoms with Crippen LogP contribution < -0.4 is 24.8 Å². The van der Waals surface area contributed by atoms with Crippen LogP contribution in [0, 0.1) is 36.5 Å². The number of hydrogen-bond donors (Lipinski definition) is 3. The first-order valence-electron chi connectivity index (χ1n) is 19.2. The lowest BCUT2D eigenvalue weighted by molar-refractivity contribution is -0.137. The summed E-state index contributed by atoms with van der Waals surface area (Å²) in [6, 6.07) is 28.3. The summed E-state index contributed by atoms with van der Waals surface area (Å²) in [6.07, 6.45) is 4.78. The summed E-state index contributed by atoms with van der Waals surface area (Å²) in [7, 11) is 0. The first-order valence-corrected chi connectivity index (χ1v) is 19.6. The molecule has 2 heterocycles. The first kappa shape index (κ1) is 41.2. The number of carboxylic acids is 1.